The maximum atomic E-state index is 12.7. The van der Waals surface area contributed by atoms with E-state index in [4.69, 9.17) is 5.73 Å². The SMILES string of the molecule is CC1CCc2c(C(=O)Nc3nc(-c4c[nH]c(C(N)=O)c4)cs3)csc2C1. The molecule has 0 aromatic carbocycles. The molecule has 1 unspecified atom stereocenters. The van der Waals surface area contributed by atoms with Crippen molar-refractivity contribution in [2.75, 3.05) is 5.32 Å². The predicted octanol–water partition coefficient (Wildman–Crippen LogP) is 3.68. The molecule has 3 aromatic heterocycles. The third-order valence-electron chi connectivity index (χ3n) is 4.62. The maximum absolute atomic E-state index is 12.7. The Kier molecular flexibility index (Phi) is 4.37. The van der Waals surface area contributed by atoms with Gasteiger partial charge in [-0.3, -0.25) is 14.9 Å². The first kappa shape index (κ1) is 17.0. The van der Waals surface area contributed by atoms with Crippen LogP contribution in [-0.2, 0) is 12.8 Å². The van der Waals surface area contributed by atoms with Crippen molar-refractivity contribution in [3.8, 4) is 11.3 Å². The number of amides is 2. The predicted molar refractivity (Wildman–Crippen MR) is 104 cm³/mol. The molecule has 4 N–H and O–H groups in total. The molecule has 0 radical (unpaired) electrons. The van der Waals surface area contributed by atoms with Crippen LogP contribution in [0.15, 0.2) is 23.0 Å². The number of rotatable bonds is 4. The summed E-state index contributed by atoms with van der Waals surface area (Å²) < 4.78 is 0. The Morgan fingerprint density at radius 3 is 2.96 bits per heavy atom. The van der Waals surface area contributed by atoms with Gasteiger partial charge in [0.1, 0.15) is 5.69 Å². The molecular formula is C18H18N4O2S2. The Hall–Kier alpha value is -2.45. The summed E-state index contributed by atoms with van der Waals surface area (Å²) in [5.41, 5.74) is 9.00. The number of H-pyrrole nitrogens is 1. The summed E-state index contributed by atoms with van der Waals surface area (Å²) in [5, 5.41) is 7.23. The number of aromatic nitrogens is 2. The minimum Gasteiger partial charge on any atom is -0.364 e. The third-order valence-corrected chi connectivity index (χ3v) is 6.42. The van der Waals surface area contributed by atoms with Gasteiger partial charge in [0, 0.05) is 27.4 Å². The second kappa shape index (κ2) is 6.69. The van der Waals surface area contributed by atoms with Gasteiger partial charge in [0.2, 0.25) is 0 Å². The molecular weight excluding hydrogens is 368 g/mol. The van der Waals surface area contributed by atoms with E-state index in [1.807, 2.05) is 10.8 Å². The smallest absolute Gasteiger partial charge is 0.265 e. The van der Waals surface area contributed by atoms with Gasteiger partial charge in [-0.25, -0.2) is 4.98 Å². The van der Waals surface area contributed by atoms with Crippen LogP contribution in [0, 0.1) is 5.92 Å². The molecule has 2 amide bonds. The number of nitrogens with one attached hydrogen (secondary N) is 2. The highest BCUT2D eigenvalue weighted by molar-refractivity contribution is 7.14. The van der Waals surface area contributed by atoms with Crippen molar-refractivity contribution in [1.29, 1.82) is 0 Å². The summed E-state index contributed by atoms with van der Waals surface area (Å²) >= 11 is 3.03. The first-order valence-electron chi connectivity index (χ1n) is 8.36. The molecule has 8 heteroatoms. The summed E-state index contributed by atoms with van der Waals surface area (Å²) in [7, 11) is 0. The van der Waals surface area contributed by atoms with Crippen molar-refractivity contribution in [2.24, 2.45) is 11.7 Å². The first-order chi connectivity index (χ1) is 12.5. The van der Waals surface area contributed by atoms with Crippen molar-refractivity contribution < 1.29 is 9.59 Å². The number of hydrogen-bond acceptors (Lipinski definition) is 5. The lowest BCUT2D eigenvalue weighted by molar-refractivity contribution is 0.0994. The number of nitrogens with zero attached hydrogens (tertiary/aromatic N) is 1. The molecule has 3 heterocycles. The first-order valence-corrected chi connectivity index (χ1v) is 10.1. The van der Waals surface area contributed by atoms with Crippen LogP contribution < -0.4 is 11.1 Å². The molecule has 26 heavy (non-hydrogen) atoms. The van der Waals surface area contributed by atoms with Crippen LogP contribution in [0.1, 0.15) is 44.6 Å². The largest absolute Gasteiger partial charge is 0.364 e. The minimum absolute atomic E-state index is 0.107. The van der Waals surface area contributed by atoms with Crippen LogP contribution in [-0.4, -0.2) is 21.8 Å². The van der Waals surface area contributed by atoms with Crippen LogP contribution in [0.3, 0.4) is 0 Å². The highest BCUT2D eigenvalue weighted by Gasteiger charge is 2.23. The quantitative estimate of drug-likeness (QED) is 0.637. The average Bonchev–Trinajstić information content (AvgIpc) is 3.33. The van der Waals surface area contributed by atoms with E-state index in [1.54, 1.807) is 23.6 Å². The van der Waals surface area contributed by atoms with Crippen molar-refractivity contribution in [3.63, 3.8) is 0 Å². The highest BCUT2D eigenvalue weighted by atomic mass is 32.1. The molecule has 1 aliphatic rings. The van der Waals surface area contributed by atoms with Crippen LogP contribution in [0.5, 0.6) is 0 Å². The Bertz CT molecular complexity index is 985. The van der Waals surface area contributed by atoms with Gasteiger partial charge in [-0.1, -0.05) is 6.92 Å². The van der Waals surface area contributed by atoms with Crippen molar-refractivity contribution >= 4 is 39.6 Å². The van der Waals surface area contributed by atoms with E-state index in [9.17, 15) is 9.59 Å². The summed E-state index contributed by atoms with van der Waals surface area (Å²) in [5.74, 6) is 0.0617. The van der Waals surface area contributed by atoms with Crippen LogP contribution >= 0.6 is 22.7 Å². The van der Waals surface area contributed by atoms with Gasteiger partial charge >= 0.3 is 0 Å². The number of hydrogen-bond donors (Lipinski definition) is 3. The fourth-order valence-corrected chi connectivity index (χ4v) is 5.14. The Morgan fingerprint density at radius 1 is 1.35 bits per heavy atom. The molecule has 0 saturated carbocycles. The molecule has 3 aromatic rings. The maximum Gasteiger partial charge on any atom is 0.265 e. The molecule has 0 aliphatic heterocycles. The number of thiazole rings is 1. The third kappa shape index (κ3) is 3.17. The monoisotopic (exact) mass is 386 g/mol. The van der Waals surface area contributed by atoms with Gasteiger partial charge in [0.15, 0.2) is 5.13 Å². The van der Waals surface area contributed by atoms with E-state index in [0.717, 1.165) is 30.4 Å². The molecule has 1 aliphatic carbocycles. The molecule has 4 rings (SSSR count). The van der Waals surface area contributed by atoms with E-state index in [2.05, 4.69) is 22.2 Å². The van der Waals surface area contributed by atoms with E-state index in [-0.39, 0.29) is 5.91 Å². The zero-order valence-electron chi connectivity index (χ0n) is 14.2. The number of thiophene rings is 1. The number of carbonyl (C=O) groups is 2. The number of fused-ring (bicyclic) bond motifs is 1. The van der Waals surface area contributed by atoms with Crippen molar-refractivity contribution in [1.82, 2.24) is 9.97 Å². The molecule has 0 bridgehead atoms. The van der Waals surface area contributed by atoms with E-state index in [1.165, 1.54) is 21.8 Å². The zero-order valence-corrected chi connectivity index (χ0v) is 15.8. The second-order valence-electron chi connectivity index (χ2n) is 6.56. The van der Waals surface area contributed by atoms with Crippen LogP contribution in [0.2, 0.25) is 0 Å². The lowest BCUT2D eigenvalue weighted by Gasteiger charge is -2.18. The fraction of sp³-hybridized carbons (Fsp3) is 0.278. The molecule has 0 saturated heterocycles. The zero-order chi connectivity index (χ0) is 18.3. The van der Waals surface area contributed by atoms with Gasteiger partial charge < -0.3 is 10.7 Å². The summed E-state index contributed by atoms with van der Waals surface area (Å²) in [6, 6.07) is 1.65. The van der Waals surface area contributed by atoms with E-state index in [0.29, 0.717) is 22.4 Å². The minimum atomic E-state index is -0.517. The molecule has 1 atom stereocenters. The van der Waals surface area contributed by atoms with Gasteiger partial charge in [0.25, 0.3) is 11.8 Å². The van der Waals surface area contributed by atoms with E-state index >= 15 is 0 Å². The molecule has 134 valence electrons. The lowest BCUT2D eigenvalue weighted by Crippen LogP contribution is -2.16. The Labute approximate surface area is 158 Å². The standard InChI is InChI=1S/C18H18N4O2S2/c1-9-2-3-11-12(7-25-15(11)4-9)17(24)22-18-21-14(8-26-18)10-5-13(16(19)23)20-6-10/h5-9,20H,2-4H2,1H3,(H2,19,23)(H,21,22,24). The van der Waals surface area contributed by atoms with Crippen molar-refractivity contribution in [3.05, 3.63) is 44.7 Å². The van der Waals surface area contributed by atoms with Crippen LogP contribution in [0.4, 0.5) is 5.13 Å². The van der Waals surface area contributed by atoms with Crippen LogP contribution in [0.25, 0.3) is 11.3 Å². The number of anilines is 1. The fourth-order valence-electron chi connectivity index (χ4n) is 3.18. The summed E-state index contributed by atoms with van der Waals surface area (Å²) in [4.78, 5) is 32.4. The highest BCUT2D eigenvalue weighted by Crippen LogP contribution is 2.33. The second-order valence-corrected chi connectivity index (χ2v) is 8.38. The molecule has 0 spiro atoms. The van der Waals surface area contributed by atoms with Gasteiger partial charge in [-0.2, -0.15) is 0 Å². The normalized spacial score (nSPS) is 16.3. The Morgan fingerprint density at radius 2 is 2.19 bits per heavy atom. The Balaban J connectivity index is 1.51. The number of aromatic amines is 1. The summed E-state index contributed by atoms with van der Waals surface area (Å²) in [6.45, 7) is 2.25. The number of nitrogens with two attached hydrogens (primary N) is 1. The average molecular weight is 387 g/mol. The number of carbonyl (C=O) groups excluding carboxylic acids is 2. The molecule has 0 fully saturated rings. The topological polar surface area (TPSA) is 101 Å². The van der Waals surface area contributed by atoms with Gasteiger partial charge in [-0.15, -0.1) is 22.7 Å². The molecule has 6 nitrogen and oxygen atoms in total. The summed E-state index contributed by atoms with van der Waals surface area (Å²) in [6.07, 6.45) is 4.83. The number of primary amides is 1. The van der Waals surface area contributed by atoms with Crippen molar-refractivity contribution in [2.45, 2.75) is 26.2 Å². The van der Waals surface area contributed by atoms with Gasteiger partial charge in [-0.05, 0) is 36.8 Å². The van der Waals surface area contributed by atoms with E-state index < -0.39 is 5.91 Å². The van der Waals surface area contributed by atoms with Gasteiger partial charge in [0.05, 0.1) is 11.3 Å². The lowest BCUT2D eigenvalue weighted by atomic mass is 9.88.